The first-order chi connectivity index (χ1) is 8.20. The maximum absolute atomic E-state index is 13.6. The fourth-order valence-electron chi connectivity index (χ4n) is 2.31. The molecule has 3 N–H and O–H groups in total. The Bertz CT molecular complexity index is 359. The molecule has 1 atom stereocenters. The number of nitrogens with two attached hydrogens (primary N) is 1. The van der Waals surface area contributed by atoms with Crippen LogP contribution < -0.4 is 11.3 Å². The lowest BCUT2D eigenvalue weighted by Gasteiger charge is -2.29. The van der Waals surface area contributed by atoms with E-state index in [1.807, 2.05) is 0 Å². The molecule has 1 aromatic rings. The molecule has 17 heavy (non-hydrogen) atoms. The largest absolute Gasteiger partial charge is 0.271 e. The summed E-state index contributed by atoms with van der Waals surface area (Å²) in [5, 5.41) is 0.485. The molecular weight excluding hydrogens is 239 g/mol. The first-order valence-electron chi connectivity index (χ1n) is 6.09. The summed E-state index contributed by atoms with van der Waals surface area (Å²) in [6, 6.07) is 4.89. The lowest BCUT2D eigenvalue weighted by atomic mass is 9.80. The highest BCUT2D eigenvalue weighted by Gasteiger charge is 2.23. The van der Waals surface area contributed by atoms with Crippen molar-refractivity contribution in [1.82, 2.24) is 5.43 Å². The molecule has 1 aromatic carbocycles. The summed E-state index contributed by atoms with van der Waals surface area (Å²) in [6.45, 7) is 0. The van der Waals surface area contributed by atoms with Crippen molar-refractivity contribution in [2.24, 2.45) is 11.8 Å². The predicted molar refractivity (Wildman–Crippen MR) is 68.2 cm³/mol. The van der Waals surface area contributed by atoms with Crippen LogP contribution in [0.3, 0.4) is 0 Å². The molecule has 0 spiro atoms. The normalized spacial score (nSPS) is 17.8. The van der Waals surface area contributed by atoms with E-state index in [9.17, 15) is 4.39 Å². The molecule has 94 valence electrons. The number of hydrogen-bond donors (Lipinski definition) is 2. The number of hydrogen-bond acceptors (Lipinski definition) is 2. The van der Waals surface area contributed by atoms with Crippen LogP contribution in [0.25, 0.3) is 0 Å². The van der Waals surface area contributed by atoms with Crippen molar-refractivity contribution in [3.63, 3.8) is 0 Å². The standard InChI is InChI=1S/C13H18ClFN2/c14-12-5-2-6-13(15)11(12)8-10(17-16)7-9-3-1-4-9/h2,5-6,9-10,17H,1,3-4,7-8,16H2. The molecule has 2 nitrogen and oxygen atoms in total. The van der Waals surface area contributed by atoms with Gasteiger partial charge in [0.25, 0.3) is 0 Å². The monoisotopic (exact) mass is 256 g/mol. The van der Waals surface area contributed by atoms with E-state index in [2.05, 4.69) is 5.43 Å². The molecule has 0 amide bonds. The fraction of sp³-hybridized carbons (Fsp3) is 0.538. The van der Waals surface area contributed by atoms with E-state index < -0.39 is 0 Å². The van der Waals surface area contributed by atoms with Crippen LogP contribution in [0.5, 0.6) is 0 Å². The summed E-state index contributed by atoms with van der Waals surface area (Å²) in [5.41, 5.74) is 3.34. The quantitative estimate of drug-likeness (QED) is 0.628. The Kier molecular flexibility index (Phi) is 4.37. The lowest BCUT2D eigenvalue weighted by Crippen LogP contribution is -2.39. The summed E-state index contributed by atoms with van der Waals surface area (Å²) in [5.74, 6) is 6.03. The van der Waals surface area contributed by atoms with Crippen LogP contribution in [0, 0.1) is 11.7 Å². The number of rotatable bonds is 5. The van der Waals surface area contributed by atoms with Crippen molar-refractivity contribution < 1.29 is 4.39 Å². The molecule has 1 fully saturated rings. The number of nitrogens with one attached hydrogen (secondary N) is 1. The first kappa shape index (κ1) is 12.8. The highest BCUT2D eigenvalue weighted by molar-refractivity contribution is 6.31. The fourth-order valence-corrected chi connectivity index (χ4v) is 2.56. The van der Waals surface area contributed by atoms with Gasteiger partial charge in [-0.05, 0) is 30.9 Å². The summed E-state index contributed by atoms with van der Waals surface area (Å²) >= 11 is 6.01. The minimum Gasteiger partial charge on any atom is -0.271 e. The van der Waals surface area contributed by atoms with E-state index in [1.54, 1.807) is 12.1 Å². The molecule has 1 unspecified atom stereocenters. The van der Waals surface area contributed by atoms with Gasteiger partial charge in [0.1, 0.15) is 5.82 Å². The molecular formula is C13H18ClFN2. The van der Waals surface area contributed by atoms with Gasteiger partial charge in [-0.25, -0.2) is 4.39 Å². The molecule has 0 aromatic heterocycles. The van der Waals surface area contributed by atoms with Gasteiger partial charge >= 0.3 is 0 Å². The van der Waals surface area contributed by atoms with E-state index >= 15 is 0 Å². The summed E-state index contributed by atoms with van der Waals surface area (Å²) in [7, 11) is 0. The van der Waals surface area contributed by atoms with Gasteiger partial charge in [-0.2, -0.15) is 0 Å². The molecule has 1 saturated carbocycles. The van der Waals surface area contributed by atoms with Gasteiger partial charge in [0.05, 0.1) is 0 Å². The van der Waals surface area contributed by atoms with E-state index in [0.717, 1.165) is 12.3 Å². The second kappa shape index (κ2) is 5.80. The van der Waals surface area contributed by atoms with Crippen LogP contribution in [-0.2, 0) is 6.42 Å². The number of halogens is 2. The van der Waals surface area contributed by atoms with Crippen LogP contribution in [0.2, 0.25) is 5.02 Å². The van der Waals surface area contributed by atoms with Gasteiger partial charge in [0.15, 0.2) is 0 Å². The SMILES string of the molecule is NNC(Cc1c(F)cccc1Cl)CC1CCC1. The smallest absolute Gasteiger partial charge is 0.127 e. The van der Waals surface area contributed by atoms with Crippen molar-refractivity contribution in [3.05, 3.63) is 34.6 Å². The zero-order valence-electron chi connectivity index (χ0n) is 9.76. The molecule has 0 heterocycles. The first-order valence-corrected chi connectivity index (χ1v) is 6.47. The number of hydrazine groups is 1. The van der Waals surface area contributed by atoms with E-state index in [-0.39, 0.29) is 11.9 Å². The third-order valence-electron chi connectivity index (χ3n) is 3.59. The predicted octanol–water partition coefficient (Wildman–Crippen LogP) is 3.04. The zero-order chi connectivity index (χ0) is 12.3. The molecule has 0 aliphatic heterocycles. The average Bonchev–Trinajstić information content (AvgIpc) is 2.25. The van der Waals surface area contributed by atoms with Crippen molar-refractivity contribution in [3.8, 4) is 0 Å². The second-order valence-electron chi connectivity index (χ2n) is 4.80. The molecule has 0 saturated heterocycles. The van der Waals surface area contributed by atoms with Gasteiger partial charge in [0, 0.05) is 16.6 Å². The second-order valence-corrected chi connectivity index (χ2v) is 5.21. The van der Waals surface area contributed by atoms with Gasteiger partial charge < -0.3 is 0 Å². The third kappa shape index (κ3) is 3.18. The maximum Gasteiger partial charge on any atom is 0.127 e. The Hall–Kier alpha value is -0.640. The van der Waals surface area contributed by atoms with Gasteiger partial charge in [-0.15, -0.1) is 0 Å². The molecule has 1 aliphatic rings. The molecule has 0 bridgehead atoms. The van der Waals surface area contributed by atoms with Crippen LogP contribution in [0.1, 0.15) is 31.2 Å². The van der Waals surface area contributed by atoms with Gasteiger partial charge in [-0.3, -0.25) is 11.3 Å². The van der Waals surface area contributed by atoms with Crippen LogP contribution in [-0.4, -0.2) is 6.04 Å². The van der Waals surface area contributed by atoms with Crippen molar-refractivity contribution in [2.45, 2.75) is 38.1 Å². The van der Waals surface area contributed by atoms with Crippen LogP contribution in [0.15, 0.2) is 18.2 Å². The minimum absolute atomic E-state index is 0.106. The maximum atomic E-state index is 13.6. The third-order valence-corrected chi connectivity index (χ3v) is 3.94. The topological polar surface area (TPSA) is 38.0 Å². The lowest BCUT2D eigenvalue weighted by molar-refractivity contribution is 0.259. The van der Waals surface area contributed by atoms with Crippen molar-refractivity contribution in [1.29, 1.82) is 0 Å². The Morgan fingerprint density at radius 1 is 1.47 bits per heavy atom. The molecule has 4 heteroatoms. The summed E-state index contributed by atoms with van der Waals surface area (Å²) < 4.78 is 13.6. The van der Waals surface area contributed by atoms with Crippen LogP contribution in [0.4, 0.5) is 4.39 Å². The van der Waals surface area contributed by atoms with E-state index in [0.29, 0.717) is 17.0 Å². The Labute approximate surface area is 106 Å². The molecule has 0 radical (unpaired) electrons. The van der Waals surface area contributed by atoms with Crippen molar-refractivity contribution in [2.75, 3.05) is 0 Å². The zero-order valence-corrected chi connectivity index (χ0v) is 10.5. The van der Waals surface area contributed by atoms with Crippen molar-refractivity contribution >= 4 is 11.6 Å². The van der Waals surface area contributed by atoms with Gasteiger partial charge in [-0.1, -0.05) is 36.9 Å². The average molecular weight is 257 g/mol. The van der Waals surface area contributed by atoms with Crippen LogP contribution >= 0.6 is 11.6 Å². The van der Waals surface area contributed by atoms with Gasteiger partial charge in [0.2, 0.25) is 0 Å². The summed E-state index contributed by atoms with van der Waals surface area (Å²) in [4.78, 5) is 0. The Balaban J connectivity index is 2.01. The summed E-state index contributed by atoms with van der Waals surface area (Å²) in [6.07, 6.45) is 5.40. The minimum atomic E-state index is -0.244. The van der Waals surface area contributed by atoms with E-state index in [1.165, 1.54) is 25.3 Å². The Morgan fingerprint density at radius 3 is 2.76 bits per heavy atom. The number of benzene rings is 1. The highest BCUT2D eigenvalue weighted by Crippen LogP contribution is 2.31. The highest BCUT2D eigenvalue weighted by atomic mass is 35.5. The van der Waals surface area contributed by atoms with E-state index in [4.69, 9.17) is 17.4 Å². The molecule has 1 aliphatic carbocycles. The Morgan fingerprint density at radius 2 is 2.24 bits per heavy atom. The molecule has 2 rings (SSSR count).